The summed E-state index contributed by atoms with van der Waals surface area (Å²) in [5, 5.41) is 19.3. The first-order valence-corrected chi connectivity index (χ1v) is 25.6. The normalized spacial score (nSPS) is 18.4. The third-order valence-electron chi connectivity index (χ3n) is 13.9. The van der Waals surface area contributed by atoms with Crippen molar-refractivity contribution in [1.29, 1.82) is 0 Å². The molecule has 0 aliphatic carbocycles. The Morgan fingerprint density at radius 1 is 0.886 bits per heavy atom. The smallest absolute Gasteiger partial charge is 0.253 e. The Labute approximate surface area is 415 Å². The predicted molar refractivity (Wildman–Crippen MR) is 270 cm³/mol. The molecule has 2 aromatic carbocycles. The maximum absolute atomic E-state index is 14.1. The minimum Gasteiger partial charge on any atom is -0.391 e. The van der Waals surface area contributed by atoms with Gasteiger partial charge in [-0.15, -0.1) is 11.3 Å². The summed E-state index contributed by atoms with van der Waals surface area (Å²) in [7, 11) is 0. The first kappa shape index (κ1) is 51.6. The first-order chi connectivity index (χ1) is 33.6. The van der Waals surface area contributed by atoms with Crippen molar-refractivity contribution < 1.29 is 33.9 Å². The van der Waals surface area contributed by atoms with Crippen LogP contribution >= 0.6 is 11.3 Å². The molecule has 6 amide bonds. The molecule has 372 valence electrons. The quantitative estimate of drug-likeness (QED) is 0.0536. The maximum Gasteiger partial charge on any atom is 0.253 e. The highest BCUT2D eigenvalue weighted by atomic mass is 32.1. The highest BCUT2D eigenvalue weighted by Crippen LogP contribution is 2.31. The number of unbranched alkanes of at least 4 members (excludes halogenated alkanes) is 1. The van der Waals surface area contributed by atoms with Gasteiger partial charge in [-0.2, -0.15) is 0 Å². The number of benzene rings is 2. The molecule has 70 heavy (non-hydrogen) atoms. The van der Waals surface area contributed by atoms with Crippen LogP contribution in [0.15, 0.2) is 84.6 Å². The molecule has 3 atom stereocenters. The lowest BCUT2D eigenvalue weighted by Gasteiger charge is -2.36. The molecule has 5 heterocycles. The molecule has 0 saturated carbocycles. The summed E-state index contributed by atoms with van der Waals surface area (Å²) in [6.45, 7) is 10.6. The van der Waals surface area contributed by atoms with E-state index < -0.39 is 47.7 Å². The topological polar surface area (TPSA) is 194 Å². The zero-order valence-electron chi connectivity index (χ0n) is 40.9. The van der Waals surface area contributed by atoms with Crippen LogP contribution in [0.25, 0.3) is 16.5 Å². The zero-order chi connectivity index (χ0) is 49.8. The van der Waals surface area contributed by atoms with Crippen LogP contribution < -0.4 is 16.0 Å². The number of amides is 6. The molecule has 0 spiro atoms. The van der Waals surface area contributed by atoms with Gasteiger partial charge in [0.05, 0.1) is 22.2 Å². The lowest BCUT2D eigenvalue weighted by molar-refractivity contribution is -0.145. The fourth-order valence-corrected chi connectivity index (χ4v) is 10.5. The van der Waals surface area contributed by atoms with Crippen molar-refractivity contribution in [3.8, 4) is 10.4 Å². The predicted octanol–water partition coefficient (Wildman–Crippen LogP) is 6.27. The molecular formula is C54H68N8O7S. The summed E-state index contributed by atoms with van der Waals surface area (Å²) >= 11 is 1.57. The number of rotatable bonds is 17. The van der Waals surface area contributed by atoms with Gasteiger partial charge in [-0.05, 0) is 103 Å². The lowest BCUT2D eigenvalue weighted by Crippen LogP contribution is -2.58. The number of carbonyl (C=O) groups is 6. The fraction of sp³-hybridized carbons (Fsp3) is 0.481. The Kier molecular flexibility index (Phi) is 17.7. The summed E-state index contributed by atoms with van der Waals surface area (Å²) < 4.78 is 0. The number of pyridine rings is 1. The second-order valence-electron chi connectivity index (χ2n) is 20.0. The van der Waals surface area contributed by atoms with Crippen molar-refractivity contribution in [3.63, 3.8) is 0 Å². The minimum atomic E-state index is -1.04. The number of aliphatic hydroxyl groups is 1. The maximum atomic E-state index is 14.1. The Morgan fingerprint density at radius 3 is 2.26 bits per heavy atom. The van der Waals surface area contributed by atoms with Gasteiger partial charge in [-0.1, -0.05) is 76.1 Å². The number of hydrogen-bond donors (Lipinski definition) is 4. The molecule has 16 heteroatoms. The zero-order valence-corrected chi connectivity index (χ0v) is 41.7. The first-order valence-electron chi connectivity index (χ1n) is 24.7. The van der Waals surface area contributed by atoms with Gasteiger partial charge in [0.25, 0.3) is 5.91 Å². The molecule has 0 bridgehead atoms. The van der Waals surface area contributed by atoms with Gasteiger partial charge in [0, 0.05) is 76.3 Å². The second kappa shape index (κ2) is 24.0. The molecule has 3 fully saturated rings. The molecule has 15 nitrogen and oxygen atoms in total. The Morgan fingerprint density at radius 2 is 1.60 bits per heavy atom. The average Bonchev–Trinajstić information content (AvgIpc) is 3.99. The number of aromatic nitrogens is 2. The summed E-state index contributed by atoms with van der Waals surface area (Å²) in [6, 6.07) is 17.5. The van der Waals surface area contributed by atoms with E-state index in [0.717, 1.165) is 78.0 Å². The summed E-state index contributed by atoms with van der Waals surface area (Å²) in [5.74, 6) is -1.07. The van der Waals surface area contributed by atoms with Gasteiger partial charge >= 0.3 is 0 Å². The minimum absolute atomic E-state index is 0.0423. The molecular weight excluding hydrogens is 905 g/mol. The number of nitrogens with one attached hydrogen (secondary N) is 3. The van der Waals surface area contributed by atoms with E-state index in [2.05, 4.69) is 25.9 Å². The number of thiazole rings is 1. The largest absolute Gasteiger partial charge is 0.391 e. The van der Waals surface area contributed by atoms with Gasteiger partial charge in [-0.3, -0.25) is 33.8 Å². The van der Waals surface area contributed by atoms with Crippen LogP contribution in [0.2, 0.25) is 0 Å². The van der Waals surface area contributed by atoms with Gasteiger partial charge in [0.2, 0.25) is 29.5 Å². The van der Waals surface area contributed by atoms with Crippen LogP contribution in [0, 0.1) is 18.3 Å². The van der Waals surface area contributed by atoms with E-state index in [0.29, 0.717) is 44.0 Å². The Balaban J connectivity index is 0.808. The van der Waals surface area contributed by atoms with Crippen LogP contribution in [0.5, 0.6) is 0 Å². The van der Waals surface area contributed by atoms with E-state index >= 15 is 0 Å². The van der Waals surface area contributed by atoms with E-state index in [4.69, 9.17) is 0 Å². The Hall–Kier alpha value is -6.26. The SMILES string of the molecule is Cc1ncsc1-c1ccc(CNC(=O)[C@@H]2C[C@@H](O)CN2C(=O)[C@@H](NC(=O)CC(=O)N2CCC(c3ccc(C(=O)N4CCC(CCCCNC(=O)/C=C/c5cccnc5)CC4)cc3)CC2)C(C)(C)C)cc1. The number of hydrogen-bond acceptors (Lipinski definition) is 10. The number of β-amino-alcohol motifs (C(OH)–C–C–N with tert-alkyl or cyclic N) is 1. The molecule has 0 radical (unpaired) electrons. The molecule has 7 rings (SSSR count). The van der Waals surface area contributed by atoms with Crippen LogP contribution in [0.3, 0.4) is 0 Å². The molecule has 3 aliphatic heterocycles. The average molecular weight is 973 g/mol. The van der Waals surface area contributed by atoms with Crippen molar-refractivity contribution in [3.05, 3.63) is 113 Å². The molecule has 4 N–H and O–H groups in total. The van der Waals surface area contributed by atoms with Crippen molar-refractivity contribution in [2.75, 3.05) is 39.3 Å². The summed E-state index contributed by atoms with van der Waals surface area (Å²) in [6.07, 6.45) is 11.8. The summed E-state index contributed by atoms with van der Waals surface area (Å²) in [4.78, 5) is 94.6. The molecule has 2 aromatic heterocycles. The van der Waals surface area contributed by atoms with Crippen LogP contribution in [-0.4, -0.2) is 123 Å². The standard InChI is InChI=1S/C54H68N8O7S/c1-36-49(70-35-58-36)42-13-10-39(11-14-42)33-57-51(67)45-30-44(63)34-62(45)53(69)50(54(2,3)4)59-47(65)31-48(66)60-28-22-41(23-29-60)40-15-17-43(18-16-40)52(68)61-26-20-37(21-27-61)8-5-6-25-56-46(64)19-12-38-9-7-24-55-32-38/h7,9-19,24,32,35,37,41,44-45,50,63H,5-6,8,20-23,25-31,33-34H2,1-4H3,(H,56,64)(H,57,67)(H,59,65)/b19-12+/t44-,45+,50-/m1/s1. The third kappa shape index (κ3) is 14.0. The summed E-state index contributed by atoms with van der Waals surface area (Å²) in [5.41, 5.74) is 6.59. The molecule has 3 saturated heterocycles. The van der Waals surface area contributed by atoms with Crippen LogP contribution in [0.1, 0.15) is 117 Å². The number of nitrogens with zero attached hydrogens (tertiary/aromatic N) is 5. The molecule has 3 aliphatic rings. The number of likely N-dealkylation sites (tertiary alicyclic amines) is 3. The highest BCUT2D eigenvalue weighted by Gasteiger charge is 2.44. The van der Waals surface area contributed by atoms with Crippen molar-refractivity contribution >= 4 is 52.9 Å². The van der Waals surface area contributed by atoms with Gasteiger partial charge in [0.1, 0.15) is 18.5 Å². The van der Waals surface area contributed by atoms with Gasteiger partial charge in [-0.25, -0.2) is 4.98 Å². The molecule has 0 unspecified atom stereocenters. The van der Waals surface area contributed by atoms with E-state index in [1.165, 1.54) is 11.0 Å². The highest BCUT2D eigenvalue weighted by molar-refractivity contribution is 7.13. The Bertz CT molecular complexity index is 2460. The monoisotopic (exact) mass is 972 g/mol. The second-order valence-corrected chi connectivity index (χ2v) is 20.9. The van der Waals surface area contributed by atoms with Crippen molar-refractivity contribution in [1.82, 2.24) is 40.6 Å². The number of piperidine rings is 2. The van der Waals surface area contributed by atoms with Crippen LogP contribution in [0.4, 0.5) is 0 Å². The van der Waals surface area contributed by atoms with E-state index in [1.807, 2.05) is 98.8 Å². The van der Waals surface area contributed by atoms with Gasteiger partial charge < -0.3 is 35.8 Å². The van der Waals surface area contributed by atoms with E-state index in [-0.39, 0.29) is 43.1 Å². The third-order valence-corrected chi connectivity index (χ3v) is 14.8. The lowest BCUT2D eigenvalue weighted by atomic mass is 9.85. The number of aryl methyl sites for hydroxylation is 1. The number of aliphatic hydroxyl groups excluding tert-OH is 1. The fourth-order valence-electron chi connectivity index (χ4n) is 9.68. The van der Waals surface area contributed by atoms with E-state index in [1.54, 1.807) is 34.7 Å². The van der Waals surface area contributed by atoms with Gasteiger partial charge in [0.15, 0.2) is 0 Å². The van der Waals surface area contributed by atoms with Crippen molar-refractivity contribution in [2.45, 2.75) is 116 Å². The number of carbonyl (C=O) groups excluding carboxylic acids is 6. The van der Waals surface area contributed by atoms with Crippen LogP contribution in [-0.2, 0) is 30.5 Å². The molecule has 4 aromatic rings. The van der Waals surface area contributed by atoms with Crippen molar-refractivity contribution in [2.24, 2.45) is 11.3 Å². The van der Waals surface area contributed by atoms with E-state index in [9.17, 15) is 33.9 Å².